The van der Waals surface area contributed by atoms with Crippen molar-refractivity contribution in [3.8, 4) is 0 Å². The third-order valence-corrected chi connectivity index (χ3v) is 2.24. The molecule has 0 aliphatic heterocycles. The molecule has 0 bridgehead atoms. The Hall–Kier alpha value is -0.120. The average molecular weight is 204 g/mol. The van der Waals surface area contributed by atoms with Crippen LogP contribution in [0.3, 0.4) is 0 Å². The predicted molar refractivity (Wildman–Crippen MR) is 56.6 cm³/mol. The molecular weight excluding hydrogens is 180 g/mol. The van der Waals surface area contributed by atoms with E-state index in [1.54, 1.807) is 0 Å². The maximum absolute atomic E-state index is 4.90. The Morgan fingerprint density at radius 2 is 1.64 bits per heavy atom. The standard InChI is InChI=1S/C11H24O3/c1-4-5-6-7-8-9-10-11(2)13-14-12-3/h11H,4-10H2,1-3H3. The van der Waals surface area contributed by atoms with Crippen LogP contribution in [0.5, 0.6) is 0 Å². The Kier molecular flexibility index (Phi) is 10.9. The highest BCUT2D eigenvalue weighted by atomic mass is 17.5. The zero-order valence-corrected chi connectivity index (χ0v) is 9.75. The molecular formula is C11H24O3. The van der Waals surface area contributed by atoms with E-state index in [9.17, 15) is 0 Å². The van der Waals surface area contributed by atoms with E-state index in [0.717, 1.165) is 6.42 Å². The first-order chi connectivity index (χ1) is 6.81. The van der Waals surface area contributed by atoms with Crippen molar-refractivity contribution in [1.29, 1.82) is 0 Å². The van der Waals surface area contributed by atoms with E-state index >= 15 is 0 Å². The summed E-state index contributed by atoms with van der Waals surface area (Å²) in [6.07, 6.45) is 9.03. The summed E-state index contributed by atoms with van der Waals surface area (Å²) in [6.45, 7) is 4.23. The van der Waals surface area contributed by atoms with Crippen LogP contribution in [-0.4, -0.2) is 13.2 Å². The number of hydrogen-bond acceptors (Lipinski definition) is 3. The van der Waals surface area contributed by atoms with Gasteiger partial charge in [0.15, 0.2) is 0 Å². The summed E-state index contributed by atoms with van der Waals surface area (Å²) < 4.78 is 0. The molecule has 0 spiro atoms. The predicted octanol–water partition coefficient (Wildman–Crippen LogP) is 3.64. The van der Waals surface area contributed by atoms with Crippen molar-refractivity contribution in [1.82, 2.24) is 0 Å². The normalized spacial score (nSPS) is 13.1. The monoisotopic (exact) mass is 204 g/mol. The van der Waals surface area contributed by atoms with E-state index in [1.807, 2.05) is 6.92 Å². The van der Waals surface area contributed by atoms with Crippen LogP contribution in [0.25, 0.3) is 0 Å². The van der Waals surface area contributed by atoms with Gasteiger partial charge in [-0.05, 0) is 13.3 Å². The van der Waals surface area contributed by atoms with Crippen molar-refractivity contribution in [3.63, 3.8) is 0 Å². The molecule has 3 heteroatoms. The first-order valence-electron chi connectivity index (χ1n) is 5.67. The van der Waals surface area contributed by atoms with Crippen LogP contribution in [0.4, 0.5) is 0 Å². The molecule has 0 radical (unpaired) electrons. The van der Waals surface area contributed by atoms with E-state index < -0.39 is 0 Å². The minimum Gasteiger partial charge on any atom is -0.210 e. The molecule has 0 aromatic carbocycles. The molecule has 0 rings (SSSR count). The molecule has 1 atom stereocenters. The lowest BCUT2D eigenvalue weighted by Crippen LogP contribution is -2.08. The minimum atomic E-state index is 0.126. The lowest BCUT2D eigenvalue weighted by Gasteiger charge is -2.09. The third-order valence-electron chi connectivity index (χ3n) is 2.24. The molecule has 0 aliphatic rings. The SMILES string of the molecule is CCCCCCCCC(C)OOOC. The quantitative estimate of drug-likeness (QED) is 0.309. The van der Waals surface area contributed by atoms with Crippen molar-refractivity contribution in [2.24, 2.45) is 0 Å². The fraction of sp³-hybridized carbons (Fsp3) is 1.00. The van der Waals surface area contributed by atoms with Crippen LogP contribution in [-0.2, 0) is 14.8 Å². The van der Waals surface area contributed by atoms with E-state index in [0.29, 0.717) is 0 Å². The second-order valence-electron chi connectivity index (χ2n) is 3.70. The van der Waals surface area contributed by atoms with Gasteiger partial charge in [-0.25, -0.2) is 9.78 Å². The molecule has 0 fully saturated rings. The number of rotatable bonds is 10. The summed E-state index contributed by atoms with van der Waals surface area (Å²) in [5, 5.41) is 4.39. The number of unbranched alkanes of at least 4 members (excludes halogenated alkanes) is 5. The average Bonchev–Trinajstić information content (AvgIpc) is 2.20. The lowest BCUT2D eigenvalue weighted by atomic mass is 10.1. The van der Waals surface area contributed by atoms with Crippen molar-refractivity contribution < 1.29 is 14.8 Å². The van der Waals surface area contributed by atoms with Crippen molar-refractivity contribution in [2.75, 3.05) is 7.11 Å². The first-order valence-corrected chi connectivity index (χ1v) is 5.67. The molecule has 0 heterocycles. The molecule has 0 aromatic heterocycles. The first kappa shape index (κ1) is 13.9. The second kappa shape index (κ2) is 11.0. The van der Waals surface area contributed by atoms with Gasteiger partial charge in [0.2, 0.25) is 0 Å². The topological polar surface area (TPSA) is 27.7 Å². The third kappa shape index (κ3) is 9.96. The molecule has 0 saturated heterocycles. The van der Waals surface area contributed by atoms with Crippen LogP contribution in [0.1, 0.15) is 58.8 Å². The van der Waals surface area contributed by atoms with E-state index in [4.69, 9.17) is 4.89 Å². The van der Waals surface area contributed by atoms with Crippen molar-refractivity contribution >= 4 is 0 Å². The minimum absolute atomic E-state index is 0.126. The zero-order chi connectivity index (χ0) is 10.6. The molecule has 0 aromatic rings. The highest BCUT2D eigenvalue weighted by molar-refractivity contribution is 4.50. The Balaban J connectivity index is 3.02. The Morgan fingerprint density at radius 1 is 1.00 bits per heavy atom. The van der Waals surface area contributed by atoms with Gasteiger partial charge in [-0.1, -0.05) is 50.5 Å². The lowest BCUT2D eigenvalue weighted by molar-refractivity contribution is -0.515. The molecule has 0 amide bonds. The highest BCUT2D eigenvalue weighted by Gasteiger charge is 2.02. The summed E-state index contributed by atoms with van der Waals surface area (Å²) in [5.74, 6) is 0. The van der Waals surface area contributed by atoms with Crippen molar-refractivity contribution in [2.45, 2.75) is 64.9 Å². The van der Waals surface area contributed by atoms with Gasteiger partial charge in [0.1, 0.15) is 0 Å². The maximum Gasteiger partial charge on any atom is 0.0933 e. The molecule has 0 saturated carbocycles. The highest BCUT2D eigenvalue weighted by Crippen LogP contribution is 2.10. The van der Waals surface area contributed by atoms with E-state index in [2.05, 4.69) is 16.8 Å². The summed E-state index contributed by atoms with van der Waals surface area (Å²) >= 11 is 0. The maximum atomic E-state index is 4.90. The van der Waals surface area contributed by atoms with Crippen LogP contribution < -0.4 is 0 Å². The second-order valence-corrected chi connectivity index (χ2v) is 3.70. The fourth-order valence-electron chi connectivity index (χ4n) is 1.37. The molecule has 86 valence electrons. The largest absolute Gasteiger partial charge is 0.210 e. The van der Waals surface area contributed by atoms with Gasteiger partial charge < -0.3 is 0 Å². The Morgan fingerprint density at radius 3 is 2.29 bits per heavy atom. The smallest absolute Gasteiger partial charge is 0.0933 e. The van der Waals surface area contributed by atoms with Gasteiger partial charge in [0, 0.05) is 0 Å². The van der Waals surface area contributed by atoms with Crippen LogP contribution in [0.2, 0.25) is 0 Å². The Bertz CT molecular complexity index is 107. The van der Waals surface area contributed by atoms with Gasteiger partial charge in [-0.2, -0.15) is 0 Å². The molecule has 14 heavy (non-hydrogen) atoms. The fourth-order valence-corrected chi connectivity index (χ4v) is 1.37. The van der Waals surface area contributed by atoms with Gasteiger partial charge in [-0.3, -0.25) is 0 Å². The summed E-state index contributed by atoms with van der Waals surface area (Å²) in [7, 11) is 1.44. The van der Waals surface area contributed by atoms with Crippen LogP contribution >= 0.6 is 0 Å². The summed E-state index contributed by atoms with van der Waals surface area (Å²) in [4.78, 5) is 9.25. The van der Waals surface area contributed by atoms with Crippen LogP contribution in [0.15, 0.2) is 0 Å². The summed E-state index contributed by atoms with van der Waals surface area (Å²) in [5.41, 5.74) is 0. The van der Waals surface area contributed by atoms with Crippen LogP contribution in [0, 0.1) is 0 Å². The van der Waals surface area contributed by atoms with E-state index in [1.165, 1.54) is 45.6 Å². The number of hydrogen-bond donors (Lipinski definition) is 0. The molecule has 1 unspecified atom stereocenters. The molecule has 0 N–H and O–H groups in total. The summed E-state index contributed by atoms with van der Waals surface area (Å²) in [6, 6.07) is 0. The van der Waals surface area contributed by atoms with E-state index in [-0.39, 0.29) is 6.10 Å². The van der Waals surface area contributed by atoms with Gasteiger partial charge >= 0.3 is 0 Å². The van der Waals surface area contributed by atoms with Gasteiger partial charge in [0.25, 0.3) is 0 Å². The molecule has 3 nitrogen and oxygen atoms in total. The van der Waals surface area contributed by atoms with Gasteiger partial charge in [0.05, 0.1) is 13.2 Å². The molecule has 0 aliphatic carbocycles. The zero-order valence-electron chi connectivity index (χ0n) is 9.75. The Labute approximate surface area is 87.6 Å². The van der Waals surface area contributed by atoms with Gasteiger partial charge in [-0.15, -0.1) is 0 Å². The van der Waals surface area contributed by atoms with Crippen molar-refractivity contribution in [3.05, 3.63) is 0 Å².